The quantitative estimate of drug-likeness (QED) is 0.921. The Bertz CT molecular complexity index is 412. The Kier molecular flexibility index (Phi) is 4.41. The van der Waals surface area contributed by atoms with E-state index >= 15 is 0 Å². The number of halogens is 1. The van der Waals surface area contributed by atoms with Crippen molar-refractivity contribution in [1.82, 2.24) is 10.2 Å². The van der Waals surface area contributed by atoms with E-state index in [1.165, 1.54) is 32.5 Å². The molecule has 2 fully saturated rings. The number of benzene rings is 1. The highest BCUT2D eigenvalue weighted by atomic mass is 79.9. The summed E-state index contributed by atoms with van der Waals surface area (Å²) in [5.74, 6) is 1.81. The minimum absolute atomic E-state index is 0.722. The van der Waals surface area contributed by atoms with E-state index in [2.05, 4.69) is 26.1 Å². The lowest BCUT2D eigenvalue weighted by Gasteiger charge is -2.24. The second-order valence-corrected chi connectivity index (χ2v) is 6.44. The first-order chi connectivity index (χ1) is 9.31. The summed E-state index contributed by atoms with van der Waals surface area (Å²) in [4.78, 5) is 2.53. The molecule has 3 nitrogen and oxygen atoms in total. The molecule has 0 unspecified atom stereocenters. The fourth-order valence-electron chi connectivity index (χ4n) is 3.17. The Hall–Kier alpha value is -0.580. The van der Waals surface area contributed by atoms with E-state index in [0.717, 1.165) is 35.3 Å². The van der Waals surface area contributed by atoms with Crippen LogP contribution in [0.5, 0.6) is 5.75 Å². The van der Waals surface area contributed by atoms with Crippen LogP contribution in [0.4, 0.5) is 0 Å². The van der Waals surface area contributed by atoms with Crippen molar-refractivity contribution in [3.63, 3.8) is 0 Å². The lowest BCUT2D eigenvalue weighted by Crippen LogP contribution is -2.40. The number of piperidine rings is 1. The van der Waals surface area contributed by atoms with Gasteiger partial charge in [0.25, 0.3) is 0 Å². The fraction of sp³-hybridized carbons (Fsp3) is 0.600. The number of rotatable bonds is 4. The molecule has 2 aliphatic heterocycles. The maximum Gasteiger partial charge on any atom is 0.120 e. The van der Waals surface area contributed by atoms with Crippen LogP contribution in [0.2, 0.25) is 0 Å². The third-order valence-corrected chi connectivity index (χ3v) is 4.64. The number of fused-ring (bicyclic) bond motifs is 1. The molecule has 1 aromatic carbocycles. The summed E-state index contributed by atoms with van der Waals surface area (Å²) in [5, 5.41) is 3.64. The molecule has 0 amide bonds. The summed E-state index contributed by atoms with van der Waals surface area (Å²) in [6.07, 6.45) is 2.73. The Labute approximate surface area is 123 Å². The van der Waals surface area contributed by atoms with Crippen molar-refractivity contribution in [1.29, 1.82) is 0 Å². The summed E-state index contributed by atoms with van der Waals surface area (Å²) in [7, 11) is 0. The second kappa shape index (κ2) is 6.25. The standard InChI is InChI=1S/C15H21BrN2O/c16-13-4-1-5-14(9-13)19-8-7-18-10-12-3-2-6-17-15(12)11-18/h1,4-5,9,12,15,17H,2-3,6-8,10-11H2/t12-,15+/m0/s1. The van der Waals surface area contributed by atoms with Gasteiger partial charge in [-0.15, -0.1) is 0 Å². The van der Waals surface area contributed by atoms with E-state index in [4.69, 9.17) is 4.74 Å². The molecule has 0 spiro atoms. The number of nitrogens with zero attached hydrogens (tertiary/aromatic N) is 1. The summed E-state index contributed by atoms with van der Waals surface area (Å²) >= 11 is 3.46. The van der Waals surface area contributed by atoms with Crippen molar-refractivity contribution in [2.24, 2.45) is 5.92 Å². The summed E-state index contributed by atoms with van der Waals surface area (Å²) in [5.41, 5.74) is 0. The molecular weight excluding hydrogens is 304 g/mol. The van der Waals surface area contributed by atoms with E-state index in [0.29, 0.717) is 0 Å². The van der Waals surface area contributed by atoms with Gasteiger partial charge in [0, 0.05) is 30.1 Å². The zero-order valence-corrected chi connectivity index (χ0v) is 12.7. The molecule has 2 aliphatic rings. The number of likely N-dealkylation sites (tertiary alicyclic amines) is 1. The first-order valence-corrected chi connectivity index (χ1v) is 7.95. The van der Waals surface area contributed by atoms with Gasteiger partial charge >= 0.3 is 0 Å². The molecule has 0 saturated carbocycles. The van der Waals surface area contributed by atoms with Crippen LogP contribution >= 0.6 is 15.9 Å². The molecule has 3 rings (SSSR count). The van der Waals surface area contributed by atoms with E-state index in [9.17, 15) is 0 Å². The predicted molar refractivity (Wildman–Crippen MR) is 80.6 cm³/mol. The summed E-state index contributed by atoms with van der Waals surface area (Å²) in [6.45, 7) is 5.42. The summed E-state index contributed by atoms with van der Waals surface area (Å²) < 4.78 is 6.88. The average molecular weight is 325 g/mol. The lowest BCUT2D eigenvalue weighted by atomic mass is 9.94. The highest BCUT2D eigenvalue weighted by molar-refractivity contribution is 9.10. The fourth-order valence-corrected chi connectivity index (χ4v) is 3.55. The molecular formula is C15H21BrN2O. The molecule has 1 N–H and O–H groups in total. The van der Waals surface area contributed by atoms with E-state index in [1.54, 1.807) is 0 Å². The number of hydrogen-bond donors (Lipinski definition) is 1. The van der Waals surface area contributed by atoms with Crippen LogP contribution in [0.1, 0.15) is 12.8 Å². The van der Waals surface area contributed by atoms with E-state index in [-0.39, 0.29) is 0 Å². The van der Waals surface area contributed by atoms with Crippen LogP contribution in [0.15, 0.2) is 28.7 Å². The van der Waals surface area contributed by atoms with E-state index in [1.807, 2.05) is 24.3 Å². The monoisotopic (exact) mass is 324 g/mol. The van der Waals surface area contributed by atoms with Gasteiger partial charge in [0.15, 0.2) is 0 Å². The molecule has 0 bridgehead atoms. The van der Waals surface area contributed by atoms with Gasteiger partial charge < -0.3 is 10.1 Å². The maximum absolute atomic E-state index is 5.81. The van der Waals surface area contributed by atoms with Gasteiger partial charge in [0.1, 0.15) is 12.4 Å². The van der Waals surface area contributed by atoms with Gasteiger partial charge in [-0.05, 0) is 43.5 Å². The molecule has 104 valence electrons. The summed E-state index contributed by atoms with van der Waals surface area (Å²) in [6, 6.07) is 8.78. The Morgan fingerprint density at radius 3 is 3.16 bits per heavy atom. The van der Waals surface area contributed by atoms with Gasteiger partial charge in [-0.3, -0.25) is 4.90 Å². The van der Waals surface area contributed by atoms with Crippen LogP contribution in [0.3, 0.4) is 0 Å². The van der Waals surface area contributed by atoms with Crippen molar-refractivity contribution in [2.75, 3.05) is 32.8 Å². The second-order valence-electron chi connectivity index (χ2n) is 5.53. The number of hydrogen-bond acceptors (Lipinski definition) is 3. The third-order valence-electron chi connectivity index (χ3n) is 4.15. The highest BCUT2D eigenvalue weighted by Crippen LogP contribution is 2.24. The molecule has 19 heavy (non-hydrogen) atoms. The van der Waals surface area contributed by atoms with Gasteiger partial charge in [0.2, 0.25) is 0 Å². The topological polar surface area (TPSA) is 24.5 Å². The molecule has 1 aromatic rings. The zero-order chi connectivity index (χ0) is 13.1. The van der Waals surface area contributed by atoms with Crippen LogP contribution in [-0.2, 0) is 0 Å². The molecule has 2 atom stereocenters. The molecule has 2 heterocycles. The Morgan fingerprint density at radius 2 is 2.32 bits per heavy atom. The number of nitrogens with one attached hydrogen (secondary N) is 1. The number of ether oxygens (including phenoxy) is 1. The van der Waals surface area contributed by atoms with Crippen molar-refractivity contribution in [2.45, 2.75) is 18.9 Å². The molecule has 0 radical (unpaired) electrons. The van der Waals surface area contributed by atoms with Gasteiger partial charge in [-0.2, -0.15) is 0 Å². The van der Waals surface area contributed by atoms with E-state index < -0.39 is 0 Å². The van der Waals surface area contributed by atoms with Crippen LogP contribution < -0.4 is 10.1 Å². The normalized spacial score (nSPS) is 27.2. The van der Waals surface area contributed by atoms with Gasteiger partial charge in [0.05, 0.1) is 0 Å². The van der Waals surface area contributed by atoms with Gasteiger partial charge in [-0.25, -0.2) is 0 Å². The first-order valence-electron chi connectivity index (χ1n) is 7.15. The third kappa shape index (κ3) is 3.50. The van der Waals surface area contributed by atoms with Gasteiger partial charge in [-0.1, -0.05) is 22.0 Å². The Morgan fingerprint density at radius 1 is 1.37 bits per heavy atom. The average Bonchev–Trinajstić information content (AvgIpc) is 2.81. The van der Waals surface area contributed by atoms with Crippen molar-refractivity contribution in [3.05, 3.63) is 28.7 Å². The van der Waals surface area contributed by atoms with Crippen molar-refractivity contribution >= 4 is 15.9 Å². The van der Waals surface area contributed by atoms with Crippen molar-refractivity contribution < 1.29 is 4.74 Å². The van der Waals surface area contributed by atoms with Crippen molar-refractivity contribution in [3.8, 4) is 5.75 Å². The SMILES string of the molecule is Brc1cccc(OCCN2C[C@@H]3CCCN[C@@H]3C2)c1. The minimum atomic E-state index is 0.722. The highest BCUT2D eigenvalue weighted by Gasteiger charge is 2.33. The maximum atomic E-state index is 5.81. The molecule has 0 aromatic heterocycles. The van der Waals surface area contributed by atoms with Crippen LogP contribution in [0.25, 0.3) is 0 Å². The minimum Gasteiger partial charge on any atom is -0.492 e. The van der Waals surface area contributed by atoms with Crippen LogP contribution in [-0.4, -0.2) is 43.7 Å². The smallest absolute Gasteiger partial charge is 0.120 e. The van der Waals surface area contributed by atoms with Crippen LogP contribution in [0, 0.1) is 5.92 Å². The predicted octanol–water partition coefficient (Wildman–Crippen LogP) is 2.51. The molecule has 0 aliphatic carbocycles. The zero-order valence-electron chi connectivity index (χ0n) is 11.1. The lowest BCUT2D eigenvalue weighted by molar-refractivity contribution is 0.232. The molecule has 4 heteroatoms. The molecule has 2 saturated heterocycles. The first kappa shape index (κ1) is 13.4. The largest absolute Gasteiger partial charge is 0.492 e. The Balaban J connectivity index is 1.43.